The Labute approximate surface area is 144 Å². The van der Waals surface area contributed by atoms with Gasteiger partial charge in [-0.05, 0) is 52.6 Å². The van der Waals surface area contributed by atoms with E-state index in [9.17, 15) is 8.42 Å². The standard InChI is InChI=1S/C14H21BrClNO2S2/c1-10(2)8-14(5-3-4-6-14)9-17-21(18,19)12-7-11(16)13(15)20-12/h7,10,17H,3-6,8-9H2,1-2H3. The number of halogens is 2. The highest BCUT2D eigenvalue weighted by Crippen LogP contribution is 2.43. The summed E-state index contributed by atoms with van der Waals surface area (Å²) in [5.41, 5.74) is 0.125. The average molecular weight is 415 g/mol. The molecule has 0 unspecified atom stereocenters. The van der Waals surface area contributed by atoms with E-state index in [0.717, 1.165) is 30.6 Å². The van der Waals surface area contributed by atoms with Gasteiger partial charge in [-0.3, -0.25) is 0 Å². The number of nitrogens with one attached hydrogen (secondary N) is 1. The fraction of sp³-hybridized carbons (Fsp3) is 0.714. The first-order valence-corrected chi connectivity index (χ1v) is 10.7. The molecule has 0 radical (unpaired) electrons. The lowest BCUT2D eigenvalue weighted by atomic mass is 9.79. The van der Waals surface area contributed by atoms with E-state index in [4.69, 9.17) is 11.6 Å². The van der Waals surface area contributed by atoms with E-state index in [1.807, 2.05) is 0 Å². The van der Waals surface area contributed by atoms with Crippen LogP contribution in [0, 0.1) is 11.3 Å². The second kappa shape index (κ2) is 6.87. The Bertz CT molecular complexity index is 573. The van der Waals surface area contributed by atoms with Crippen molar-refractivity contribution in [3.05, 3.63) is 14.9 Å². The first kappa shape index (κ1) is 17.7. The molecule has 1 aliphatic carbocycles. The minimum absolute atomic E-state index is 0.125. The predicted molar refractivity (Wildman–Crippen MR) is 92.6 cm³/mol. The molecule has 21 heavy (non-hydrogen) atoms. The Kier molecular flexibility index (Phi) is 5.80. The van der Waals surface area contributed by atoms with Crippen LogP contribution in [0.5, 0.6) is 0 Å². The SMILES string of the molecule is CC(C)CC1(CNS(=O)(=O)c2cc(Cl)c(Br)s2)CCCC1. The van der Waals surface area contributed by atoms with Crippen molar-refractivity contribution in [2.45, 2.75) is 50.2 Å². The molecule has 0 saturated heterocycles. The molecule has 1 aromatic heterocycles. The Morgan fingerprint density at radius 3 is 2.52 bits per heavy atom. The molecule has 0 spiro atoms. The van der Waals surface area contributed by atoms with E-state index in [0.29, 0.717) is 21.3 Å². The van der Waals surface area contributed by atoms with E-state index in [2.05, 4.69) is 34.5 Å². The topological polar surface area (TPSA) is 46.2 Å². The van der Waals surface area contributed by atoms with Crippen molar-refractivity contribution < 1.29 is 8.42 Å². The third-order valence-corrected chi connectivity index (χ3v) is 8.38. The van der Waals surface area contributed by atoms with E-state index < -0.39 is 10.0 Å². The van der Waals surface area contributed by atoms with Crippen LogP contribution in [0.2, 0.25) is 5.02 Å². The summed E-state index contributed by atoms with van der Waals surface area (Å²) >= 11 is 10.3. The molecular formula is C14H21BrClNO2S2. The largest absolute Gasteiger partial charge is 0.250 e. The van der Waals surface area contributed by atoms with Crippen LogP contribution in [0.25, 0.3) is 0 Å². The van der Waals surface area contributed by atoms with Gasteiger partial charge in [-0.15, -0.1) is 11.3 Å². The highest BCUT2D eigenvalue weighted by Gasteiger charge is 2.35. The first-order valence-electron chi connectivity index (χ1n) is 7.19. The first-order chi connectivity index (χ1) is 9.74. The summed E-state index contributed by atoms with van der Waals surface area (Å²) in [7, 11) is -3.47. The van der Waals surface area contributed by atoms with Crippen molar-refractivity contribution in [3.8, 4) is 0 Å². The molecular weight excluding hydrogens is 394 g/mol. The smallest absolute Gasteiger partial charge is 0.210 e. The molecule has 1 fully saturated rings. The Morgan fingerprint density at radius 2 is 2.05 bits per heavy atom. The fourth-order valence-corrected chi connectivity index (χ4v) is 6.82. The lowest BCUT2D eigenvalue weighted by Gasteiger charge is -2.31. The average Bonchev–Trinajstić information content (AvgIpc) is 2.96. The highest BCUT2D eigenvalue weighted by atomic mass is 79.9. The maximum absolute atomic E-state index is 12.4. The molecule has 0 aliphatic heterocycles. The van der Waals surface area contributed by atoms with E-state index >= 15 is 0 Å². The monoisotopic (exact) mass is 413 g/mol. The van der Waals surface area contributed by atoms with Gasteiger partial charge >= 0.3 is 0 Å². The van der Waals surface area contributed by atoms with Gasteiger partial charge < -0.3 is 0 Å². The van der Waals surface area contributed by atoms with Gasteiger partial charge in [0.1, 0.15) is 4.21 Å². The third-order valence-electron chi connectivity index (χ3n) is 4.03. The van der Waals surface area contributed by atoms with Crippen LogP contribution < -0.4 is 4.72 Å². The van der Waals surface area contributed by atoms with Gasteiger partial charge in [-0.25, -0.2) is 13.1 Å². The summed E-state index contributed by atoms with van der Waals surface area (Å²) in [6, 6.07) is 1.50. The predicted octanol–water partition coefficient (Wildman–Crippen LogP) is 5.05. The molecule has 3 nitrogen and oxygen atoms in total. The van der Waals surface area contributed by atoms with Crippen molar-refractivity contribution in [2.75, 3.05) is 6.54 Å². The Balaban J connectivity index is 2.09. The van der Waals surface area contributed by atoms with Gasteiger partial charge in [0.15, 0.2) is 0 Å². The van der Waals surface area contributed by atoms with Crippen LogP contribution in [-0.4, -0.2) is 15.0 Å². The summed E-state index contributed by atoms with van der Waals surface area (Å²) < 4.78 is 28.5. The lowest BCUT2D eigenvalue weighted by Crippen LogP contribution is -2.36. The molecule has 1 N–H and O–H groups in total. The quantitative estimate of drug-likeness (QED) is 0.708. The van der Waals surface area contributed by atoms with Crippen LogP contribution in [0.15, 0.2) is 14.1 Å². The van der Waals surface area contributed by atoms with E-state index in [-0.39, 0.29) is 9.62 Å². The van der Waals surface area contributed by atoms with Gasteiger partial charge in [-0.1, -0.05) is 38.3 Å². The Hall–Kier alpha value is 0.380. The molecule has 1 heterocycles. The molecule has 0 amide bonds. The number of thiophene rings is 1. The van der Waals surface area contributed by atoms with Crippen molar-refractivity contribution in [1.29, 1.82) is 0 Å². The molecule has 0 aromatic carbocycles. The maximum atomic E-state index is 12.4. The number of hydrogen-bond donors (Lipinski definition) is 1. The number of hydrogen-bond acceptors (Lipinski definition) is 3. The molecule has 0 atom stereocenters. The minimum atomic E-state index is -3.47. The summed E-state index contributed by atoms with van der Waals surface area (Å²) in [5, 5.41) is 0.443. The molecule has 1 aromatic rings. The summed E-state index contributed by atoms with van der Waals surface area (Å²) in [4.78, 5) is 0. The molecule has 2 rings (SSSR count). The van der Waals surface area contributed by atoms with Gasteiger partial charge in [0.05, 0.1) is 8.81 Å². The zero-order valence-electron chi connectivity index (χ0n) is 12.3. The van der Waals surface area contributed by atoms with Crippen molar-refractivity contribution >= 4 is 48.9 Å². The molecule has 1 saturated carbocycles. The summed E-state index contributed by atoms with van der Waals surface area (Å²) in [5.74, 6) is 0.581. The lowest BCUT2D eigenvalue weighted by molar-refractivity contribution is 0.236. The van der Waals surface area contributed by atoms with E-state index in [1.165, 1.54) is 18.9 Å². The number of rotatable bonds is 6. The minimum Gasteiger partial charge on any atom is -0.210 e. The zero-order valence-corrected chi connectivity index (χ0v) is 16.3. The zero-order chi connectivity index (χ0) is 15.7. The van der Waals surface area contributed by atoms with Crippen molar-refractivity contribution in [3.63, 3.8) is 0 Å². The van der Waals surface area contributed by atoms with Crippen LogP contribution in [-0.2, 0) is 10.0 Å². The Morgan fingerprint density at radius 1 is 1.43 bits per heavy atom. The van der Waals surface area contributed by atoms with Gasteiger partial charge in [0.2, 0.25) is 10.0 Å². The van der Waals surface area contributed by atoms with Gasteiger partial charge in [0.25, 0.3) is 0 Å². The van der Waals surface area contributed by atoms with Gasteiger partial charge in [0, 0.05) is 6.54 Å². The van der Waals surface area contributed by atoms with Crippen molar-refractivity contribution in [2.24, 2.45) is 11.3 Å². The fourth-order valence-electron chi connectivity index (χ4n) is 3.22. The summed E-state index contributed by atoms with van der Waals surface area (Å²) in [6.07, 6.45) is 5.70. The highest BCUT2D eigenvalue weighted by molar-refractivity contribution is 9.11. The van der Waals surface area contributed by atoms with Crippen LogP contribution in [0.4, 0.5) is 0 Å². The molecule has 7 heteroatoms. The molecule has 120 valence electrons. The van der Waals surface area contributed by atoms with Gasteiger partial charge in [-0.2, -0.15) is 0 Å². The van der Waals surface area contributed by atoms with Crippen molar-refractivity contribution in [1.82, 2.24) is 4.72 Å². The second-order valence-electron chi connectivity index (χ2n) is 6.32. The van der Waals surface area contributed by atoms with Crippen LogP contribution in [0.1, 0.15) is 46.0 Å². The molecule has 0 bridgehead atoms. The van der Waals surface area contributed by atoms with E-state index in [1.54, 1.807) is 0 Å². The summed E-state index contributed by atoms with van der Waals surface area (Å²) in [6.45, 7) is 4.93. The van der Waals surface area contributed by atoms with Crippen LogP contribution >= 0.6 is 38.9 Å². The third kappa shape index (κ3) is 4.44. The molecule has 1 aliphatic rings. The maximum Gasteiger partial charge on any atom is 0.250 e. The normalized spacial score (nSPS) is 18.5. The second-order valence-corrected chi connectivity index (χ2v) is 11.1. The number of sulfonamides is 1. The van der Waals surface area contributed by atoms with Crippen LogP contribution in [0.3, 0.4) is 0 Å².